The molecule has 0 saturated carbocycles. The number of aromatic nitrogens is 3. The molecule has 3 aromatic carbocycles. The van der Waals surface area contributed by atoms with Crippen molar-refractivity contribution < 1.29 is 47.6 Å². The van der Waals surface area contributed by atoms with E-state index in [2.05, 4.69) is 60.8 Å². The molecule has 12 rings (SSSR count). The Kier molecular flexibility index (Phi) is 18.6. The molecule has 1 atom stereocenters. The van der Waals surface area contributed by atoms with Gasteiger partial charge in [-0.25, -0.2) is 0 Å². The first-order valence-corrected chi connectivity index (χ1v) is 27.1. The van der Waals surface area contributed by atoms with Crippen molar-refractivity contribution in [2.24, 2.45) is 5.92 Å². The van der Waals surface area contributed by atoms with E-state index in [1.54, 1.807) is 39.9 Å². The number of carbonyl (C=O) groups excluding carboxylic acids is 4. The van der Waals surface area contributed by atoms with Crippen molar-refractivity contribution in [1.29, 1.82) is 0 Å². The molecule has 0 bridgehead atoms. The van der Waals surface area contributed by atoms with Gasteiger partial charge in [0.1, 0.15) is 22.9 Å². The minimum Gasteiger partial charge on any atom is -0.495 e. The van der Waals surface area contributed by atoms with E-state index < -0.39 is 0 Å². The van der Waals surface area contributed by atoms with Crippen LogP contribution < -0.4 is 28.9 Å². The van der Waals surface area contributed by atoms with Crippen molar-refractivity contribution in [1.82, 2.24) is 15.0 Å². The minimum absolute atomic E-state index is 0.0387. The van der Waals surface area contributed by atoms with Crippen molar-refractivity contribution in [2.45, 2.75) is 52.9 Å². The number of morpholine rings is 3. The van der Waals surface area contributed by atoms with Crippen LogP contribution >= 0.6 is 0 Å². The molecule has 3 fully saturated rings. The molecule has 0 N–H and O–H groups in total. The van der Waals surface area contributed by atoms with Crippen molar-refractivity contribution in [3.8, 4) is 17.2 Å². The average molecular weight is 1070 g/mol. The van der Waals surface area contributed by atoms with Gasteiger partial charge >= 0.3 is 0 Å². The zero-order valence-electron chi connectivity index (χ0n) is 46.2. The third kappa shape index (κ3) is 13.1. The number of nitrogens with zero attached hydrogens (tertiary/aromatic N) is 6. The number of allylic oxidation sites excluding steroid dienone is 1. The average Bonchev–Trinajstić information content (AvgIpc) is 4.19. The molecule has 16 heteroatoms. The quantitative estimate of drug-likeness (QED) is 0.0941. The summed E-state index contributed by atoms with van der Waals surface area (Å²) in [6.45, 7) is 15.4. The molecular formula is C63H70N6O10. The predicted octanol–water partition coefficient (Wildman–Crippen LogP) is 8.75. The van der Waals surface area contributed by atoms with Gasteiger partial charge in [0, 0.05) is 111 Å². The summed E-state index contributed by atoms with van der Waals surface area (Å²) in [4.78, 5) is 67.2. The van der Waals surface area contributed by atoms with Crippen LogP contribution in [0.15, 0.2) is 97.0 Å². The highest BCUT2D eigenvalue weighted by Crippen LogP contribution is 2.41. The van der Waals surface area contributed by atoms with Gasteiger partial charge < -0.3 is 43.1 Å². The fourth-order valence-corrected chi connectivity index (χ4v) is 10.8. The maximum atomic E-state index is 13.0. The van der Waals surface area contributed by atoms with Gasteiger partial charge in [0.05, 0.1) is 83.7 Å². The number of ketones is 3. The van der Waals surface area contributed by atoms with E-state index in [1.165, 1.54) is 0 Å². The first kappa shape index (κ1) is 55.9. The summed E-state index contributed by atoms with van der Waals surface area (Å²) in [6.07, 6.45) is 11.4. The van der Waals surface area contributed by atoms with Crippen molar-refractivity contribution in [3.63, 3.8) is 0 Å². The number of anilines is 3. The Labute approximate surface area is 462 Å². The number of hydrogen-bond donors (Lipinski definition) is 0. The van der Waals surface area contributed by atoms with Crippen molar-refractivity contribution >= 4 is 46.8 Å². The standard InChI is InChI=1S/C21H24N2O3.C21H22N2O3.C14H17NO3.C7H7NO/c2*1-14-4-3-5-22-18(14)11-16-10-15-12-19(23-6-8-26-9-7-23)20(25-2)13-17(15)21(16)24;1-17-14-9-11-10(2-3-13(11)16)8-12(14)15-4-6-18-7-5-15;1-6-3-2-4-8-7(6)5-9/h3-5,12-13,16H,6-11H2,1-2H3;3-5,11-13H,6-10H2,1-2H3;8-9H,2-7H2,1H3;2-5H,1H3/b;16-11+;;. The highest BCUT2D eigenvalue weighted by molar-refractivity contribution is 6.16. The first-order chi connectivity index (χ1) is 38.5. The normalized spacial score (nSPS) is 17.8. The van der Waals surface area contributed by atoms with Crippen LogP contribution in [0.3, 0.4) is 0 Å². The van der Waals surface area contributed by atoms with E-state index in [4.69, 9.17) is 28.4 Å². The first-order valence-electron chi connectivity index (χ1n) is 27.1. The van der Waals surface area contributed by atoms with Crippen LogP contribution in [0, 0.1) is 26.7 Å². The van der Waals surface area contributed by atoms with E-state index in [9.17, 15) is 19.2 Å². The Bertz CT molecular complexity index is 3210. The smallest absolute Gasteiger partial charge is 0.189 e. The molecular weight excluding hydrogens is 1000 g/mol. The number of hydrogen-bond acceptors (Lipinski definition) is 16. The van der Waals surface area contributed by atoms with Crippen LogP contribution in [0.1, 0.15) is 92.8 Å². The third-order valence-electron chi connectivity index (χ3n) is 15.3. The predicted molar refractivity (Wildman–Crippen MR) is 304 cm³/mol. The number of aryl methyl sites for hydroxylation is 4. The number of aldehydes is 1. The van der Waals surface area contributed by atoms with Crippen LogP contribution in [-0.2, 0) is 39.9 Å². The molecule has 0 radical (unpaired) electrons. The highest BCUT2D eigenvalue weighted by Gasteiger charge is 2.34. The van der Waals surface area contributed by atoms with Gasteiger partial charge in [-0.05, 0) is 128 Å². The molecule has 3 aliphatic carbocycles. The van der Waals surface area contributed by atoms with Gasteiger partial charge in [-0.1, -0.05) is 18.2 Å². The summed E-state index contributed by atoms with van der Waals surface area (Å²) in [5.41, 5.74) is 15.2. The number of rotatable bonds is 10. The maximum Gasteiger partial charge on any atom is 0.189 e. The SMILES string of the molecule is COc1cc2c(cc1N1CCOCC1)C/C(=C\c1ncccc1C)C2=O.COc1cc2c(cc1N1CCOCC1)CC(Cc1ncccc1C)C2=O.COc1cc2c(cc1N1CCOCC1)CCC2=O.Cc1cccnc1C=O. The van der Waals surface area contributed by atoms with E-state index in [-0.39, 0.29) is 23.3 Å². The third-order valence-corrected chi connectivity index (χ3v) is 15.3. The molecule has 16 nitrogen and oxygen atoms in total. The minimum atomic E-state index is -0.0387. The lowest BCUT2D eigenvalue weighted by Crippen LogP contribution is -2.36. The molecule has 1 unspecified atom stereocenters. The van der Waals surface area contributed by atoms with Gasteiger partial charge in [-0.15, -0.1) is 0 Å². The Morgan fingerprint density at radius 3 is 1.52 bits per heavy atom. The van der Waals surface area contributed by atoms with Crippen LogP contribution in [0.2, 0.25) is 0 Å². The van der Waals surface area contributed by atoms with E-state index in [1.807, 2.05) is 68.5 Å². The summed E-state index contributed by atoms with van der Waals surface area (Å²) in [6, 6.07) is 23.6. The van der Waals surface area contributed by atoms with Crippen molar-refractivity contribution in [2.75, 3.05) is 115 Å². The topological polar surface area (TPSA) is 172 Å². The monoisotopic (exact) mass is 1070 g/mol. The summed E-state index contributed by atoms with van der Waals surface area (Å²) < 4.78 is 32.9. The Morgan fingerprint density at radius 2 is 1.03 bits per heavy atom. The Morgan fingerprint density at radius 1 is 0.557 bits per heavy atom. The summed E-state index contributed by atoms with van der Waals surface area (Å²) in [5.74, 6) is 2.78. The molecule has 6 aliphatic rings. The number of pyridine rings is 3. The second kappa shape index (κ2) is 26.2. The number of fused-ring (bicyclic) bond motifs is 3. The number of methoxy groups -OCH3 is 3. The molecule has 412 valence electrons. The summed E-state index contributed by atoms with van der Waals surface area (Å²) in [7, 11) is 4.98. The van der Waals surface area contributed by atoms with Crippen LogP contribution in [-0.4, -0.2) is 139 Å². The van der Waals surface area contributed by atoms with Gasteiger partial charge in [0.25, 0.3) is 0 Å². The second-order valence-corrected chi connectivity index (χ2v) is 20.2. The van der Waals surface area contributed by atoms with E-state index in [0.717, 1.165) is 186 Å². The molecule has 3 saturated heterocycles. The number of ether oxygens (including phenoxy) is 6. The fraction of sp³-hybridized carbons (Fsp3) is 0.381. The van der Waals surface area contributed by atoms with Crippen LogP contribution in [0.4, 0.5) is 17.1 Å². The Balaban J connectivity index is 0.000000135. The lowest BCUT2D eigenvalue weighted by Gasteiger charge is -2.30. The maximum absolute atomic E-state index is 13.0. The van der Waals surface area contributed by atoms with Gasteiger partial charge in [0.15, 0.2) is 23.6 Å². The lowest BCUT2D eigenvalue weighted by molar-refractivity contribution is 0.0933. The largest absolute Gasteiger partial charge is 0.495 e. The second-order valence-electron chi connectivity index (χ2n) is 20.2. The zero-order chi connectivity index (χ0) is 55.4. The number of Topliss-reactive ketones (excluding diaryl/α,β-unsaturated/α-hetero) is 3. The number of carbonyl (C=O) groups is 4. The summed E-state index contributed by atoms with van der Waals surface area (Å²) in [5, 5.41) is 0. The molecule has 0 spiro atoms. The summed E-state index contributed by atoms with van der Waals surface area (Å²) >= 11 is 0. The van der Waals surface area contributed by atoms with Crippen molar-refractivity contribution in [3.05, 3.63) is 164 Å². The fourth-order valence-electron chi connectivity index (χ4n) is 10.8. The van der Waals surface area contributed by atoms with E-state index in [0.29, 0.717) is 38.2 Å². The molecule has 3 aromatic heterocycles. The molecule has 79 heavy (non-hydrogen) atoms. The van der Waals surface area contributed by atoms with Gasteiger partial charge in [0.2, 0.25) is 0 Å². The molecule has 6 heterocycles. The molecule has 3 aliphatic heterocycles. The van der Waals surface area contributed by atoms with Crippen LogP contribution in [0.5, 0.6) is 17.2 Å². The highest BCUT2D eigenvalue weighted by atomic mass is 16.5. The zero-order valence-corrected chi connectivity index (χ0v) is 46.2. The molecule has 6 aromatic rings. The van der Waals surface area contributed by atoms with Gasteiger partial charge in [-0.2, -0.15) is 0 Å². The lowest BCUT2D eigenvalue weighted by atomic mass is 9.97. The van der Waals surface area contributed by atoms with Crippen LogP contribution in [0.25, 0.3) is 6.08 Å². The van der Waals surface area contributed by atoms with E-state index >= 15 is 0 Å². The molecule has 0 amide bonds. The number of benzene rings is 3. The van der Waals surface area contributed by atoms with Gasteiger partial charge in [-0.3, -0.25) is 34.1 Å². The Hall–Kier alpha value is -7.79.